The lowest BCUT2D eigenvalue weighted by Crippen LogP contribution is -2.19. The van der Waals surface area contributed by atoms with Crippen LogP contribution in [0.4, 0.5) is 13.2 Å². The van der Waals surface area contributed by atoms with Gasteiger partial charge < -0.3 is 4.74 Å². The SMILES string of the molecule is FC(F)(F)Cn1c(S[C@H]2CCOC2)nnc1-c1ccncc1. The minimum absolute atomic E-state index is 0.112. The Hall–Kier alpha value is -1.61. The quantitative estimate of drug-likeness (QED) is 0.863. The zero-order valence-corrected chi connectivity index (χ0v) is 12.3. The fraction of sp³-hybridized carbons (Fsp3) is 0.462. The molecule has 1 atom stereocenters. The minimum Gasteiger partial charge on any atom is -0.380 e. The van der Waals surface area contributed by atoms with Crippen LogP contribution in [0, 0.1) is 0 Å². The van der Waals surface area contributed by atoms with Crippen molar-refractivity contribution in [2.75, 3.05) is 13.2 Å². The third-order valence-electron chi connectivity index (χ3n) is 3.15. The smallest absolute Gasteiger partial charge is 0.380 e. The maximum absolute atomic E-state index is 12.9. The van der Waals surface area contributed by atoms with E-state index in [-0.39, 0.29) is 16.2 Å². The molecule has 2 aromatic heterocycles. The van der Waals surface area contributed by atoms with Crippen molar-refractivity contribution in [1.29, 1.82) is 0 Å². The van der Waals surface area contributed by atoms with E-state index >= 15 is 0 Å². The van der Waals surface area contributed by atoms with Crippen LogP contribution < -0.4 is 0 Å². The van der Waals surface area contributed by atoms with Crippen molar-refractivity contribution in [3.8, 4) is 11.4 Å². The summed E-state index contributed by atoms with van der Waals surface area (Å²) in [5, 5.41) is 8.25. The Morgan fingerprint density at radius 2 is 2.05 bits per heavy atom. The number of rotatable bonds is 4. The summed E-state index contributed by atoms with van der Waals surface area (Å²) in [6, 6.07) is 3.23. The lowest BCUT2D eigenvalue weighted by molar-refractivity contribution is -0.141. The molecule has 1 saturated heterocycles. The number of hydrogen-bond acceptors (Lipinski definition) is 5. The van der Waals surface area contributed by atoms with Gasteiger partial charge in [0, 0.05) is 29.8 Å². The van der Waals surface area contributed by atoms with Gasteiger partial charge in [-0.3, -0.25) is 9.55 Å². The average molecular weight is 330 g/mol. The third kappa shape index (κ3) is 3.58. The Labute approximate surface area is 128 Å². The van der Waals surface area contributed by atoms with Crippen LogP contribution in [-0.2, 0) is 11.3 Å². The van der Waals surface area contributed by atoms with Gasteiger partial charge in [0.2, 0.25) is 0 Å². The topological polar surface area (TPSA) is 52.8 Å². The van der Waals surface area contributed by atoms with Crippen LogP contribution in [0.3, 0.4) is 0 Å². The molecule has 0 aliphatic carbocycles. The summed E-state index contributed by atoms with van der Waals surface area (Å²) in [6.45, 7) is 0.0317. The first-order valence-electron chi connectivity index (χ1n) is 6.68. The molecular formula is C13H13F3N4OS. The number of nitrogens with zero attached hydrogens (tertiary/aromatic N) is 4. The number of halogens is 3. The van der Waals surface area contributed by atoms with Crippen LogP contribution in [0.1, 0.15) is 6.42 Å². The lowest BCUT2D eigenvalue weighted by Gasteiger charge is -2.13. The standard InChI is InChI=1S/C13H13F3N4OS/c14-13(15,16)8-20-11(9-1-4-17-5-2-9)18-19-12(20)22-10-3-6-21-7-10/h1-2,4-5,10H,3,6-8H2/t10-/m0/s1. The molecule has 0 radical (unpaired) electrons. The molecule has 3 rings (SSSR count). The first kappa shape index (κ1) is 15.3. The summed E-state index contributed by atoms with van der Waals surface area (Å²) in [6.07, 6.45) is -0.515. The summed E-state index contributed by atoms with van der Waals surface area (Å²) in [7, 11) is 0. The first-order valence-corrected chi connectivity index (χ1v) is 7.55. The molecule has 1 aliphatic heterocycles. The van der Waals surface area contributed by atoms with Gasteiger partial charge in [-0.05, 0) is 18.6 Å². The van der Waals surface area contributed by atoms with Crippen molar-refractivity contribution in [2.24, 2.45) is 0 Å². The highest BCUT2D eigenvalue weighted by Gasteiger charge is 2.32. The molecule has 0 unspecified atom stereocenters. The fourth-order valence-corrected chi connectivity index (χ4v) is 3.21. The van der Waals surface area contributed by atoms with E-state index in [2.05, 4.69) is 15.2 Å². The van der Waals surface area contributed by atoms with Crippen molar-refractivity contribution < 1.29 is 17.9 Å². The third-order valence-corrected chi connectivity index (χ3v) is 4.37. The second kappa shape index (κ2) is 6.25. The van der Waals surface area contributed by atoms with Gasteiger partial charge in [-0.2, -0.15) is 13.2 Å². The first-order chi connectivity index (χ1) is 10.5. The van der Waals surface area contributed by atoms with E-state index < -0.39 is 12.7 Å². The average Bonchev–Trinajstić information content (AvgIpc) is 3.10. The zero-order valence-electron chi connectivity index (χ0n) is 11.5. The summed E-state index contributed by atoms with van der Waals surface area (Å²) < 4.78 is 45.0. The largest absolute Gasteiger partial charge is 0.406 e. The summed E-state index contributed by atoms with van der Waals surface area (Å²) >= 11 is 1.28. The summed E-state index contributed by atoms with van der Waals surface area (Å²) in [5.41, 5.74) is 0.557. The van der Waals surface area contributed by atoms with Crippen molar-refractivity contribution >= 4 is 11.8 Å². The highest BCUT2D eigenvalue weighted by Crippen LogP contribution is 2.32. The van der Waals surface area contributed by atoms with Crippen LogP contribution in [-0.4, -0.2) is 44.4 Å². The maximum Gasteiger partial charge on any atom is 0.406 e. The van der Waals surface area contributed by atoms with E-state index in [1.807, 2.05) is 0 Å². The molecule has 0 N–H and O–H groups in total. The van der Waals surface area contributed by atoms with Crippen LogP contribution in [0.2, 0.25) is 0 Å². The van der Waals surface area contributed by atoms with E-state index in [4.69, 9.17) is 4.74 Å². The number of ether oxygens (including phenoxy) is 1. The predicted molar refractivity (Wildman–Crippen MR) is 74.4 cm³/mol. The fourth-order valence-electron chi connectivity index (χ4n) is 2.17. The second-order valence-corrected chi connectivity index (χ2v) is 6.11. The Balaban J connectivity index is 1.93. The number of alkyl halides is 3. The van der Waals surface area contributed by atoms with Gasteiger partial charge in [-0.15, -0.1) is 10.2 Å². The van der Waals surface area contributed by atoms with Crippen molar-refractivity contribution in [1.82, 2.24) is 19.7 Å². The highest BCUT2D eigenvalue weighted by molar-refractivity contribution is 7.99. The molecule has 9 heteroatoms. The van der Waals surface area contributed by atoms with Crippen molar-refractivity contribution in [3.05, 3.63) is 24.5 Å². The molecule has 0 saturated carbocycles. The molecule has 0 spiro atoms. The number of thioether (sulfide) groups is 1. The molecule has 0 amide bonds. The van der Waals surface area contributed by atoms with Gasteiger partial charge in [0.15, 0.2) is 11.0 Å². The molecule has 118 valence electrons. The van der Waals surface area contributed by atoms with E-state index in [1.165, 1.54) is 24.2 Å². The molecule has 5 nitrogen and oxygen atoms in total. The highest BCUT2D eigenvalue weighted by atomic mass is 32.2. The van der Waals surface area contributed by atoms with Gasteiger partial charge in [-0.1, -0.05) is 11.8 Å². The Bertz CT molecular complexity index is 626. The Morgan fingerprint density at radius 1 is 1.27 bits per heavy atom. The van der Waals surface area contributed by atoms with Crippen molar-refractivity contribution in [2.45, 2.75) is 29.5 Å². The van der Waals surface area contributed by atoms with E-state index in [0.29, 0.717) is 18.8 Å². The second-order valence-electron chi connectivity index (χ2n) is 4.85. The van der Waals surface area contributed by atoms with Crippen LogP contribution in [0.5, 0.6) is 0 Å². The molecule has 1 aliphatic rings. The summed E-state index contributed by atoms with van der Waals surface area (Å²) in [5.74, 6) is 0.196. The number of pyridine rings is 1. The van der Waals surface area contributed by atoms with Gasteiger partial charge in [-0.25, -0.2) is 0 Å². The van der Waals surface area contributed by atoms with Gasteiger partial charge in [0.05, 0.1) is 6.61 Å². The molecule has 0 aromatic carbocycles. The lowest BCUT2D eigenvalue weighted by atomic mass is 10.2. The zero-order chi connectivity index (χ0) is 15.6. The van der Waals surface area contributed by atoms with Crippen LogP contribution >= 0.6 is 11.8 Å². The normalized spacial score (nSPS) is 18.8. The Morgan fingerprint density at radius 3 is 2.68 bits per heavy atom. The number of aromatic nitrogens is 4. The number of hydrogen-bond donors (Lipinski definition) is 0. The van der Waals surface area contributed by atoms with E-state index in [1.54, 1.807) is 12.1 Å². The van der Waals surface area contributed by atoms with Gasteiger partial charge >= 0.3 is 6.18 Å². The molecule has 22 heavy (non-hydrogen) atoms. The Kier molecular flexibility index (Phi) is 4.34. The monoisotopic (exact) mass is 330 g/mol. The minimum atomic E-state index is -4.34. The maximum atomic E-state index is 12.9. The van der Waals surface area contributed by atoms with E-state index in [9.17, 15) is 13.2 Å². The van der Waals surface area contributed by atoms with E-state index in [0.717, 1.165) is 11.0 Å². The predicted octanol–water partition coefficient (Wildman–Crippen LogP) is 2.78. The van der Waals surface area contributed by atoms with Crippen LogP contribution in [0.25, 0.3) is 11.4 Å². The van der Waals surface area contributed by atoms with Crippen LogP contribution in [0.15, 0.2) is 29.7 Å². The molecular weight excluding hydrogens is 317 g/mol. The van der Waals surface area contributed by atoms with Gasteiger partial charge in [0.25, 0.3) is 0 Å². The van der Waals surface area contributed by atoms with Crippen molar-refractivity contribution in [3.63, 3.8) is 0 Å². The molecule has 2 aromatic rings. The van der Waals surface area contributed by atoms with Gasteiger partial charge in [0.1, 0.15) is 6.54 Å². The molecule has 3 heterocycles. The molecule has 0 bridgehead atoms. The summed E-state index contributed by atoms with van der Waals surface area (Å²) in [4.78, 5) is 3.86. The molecule has 1 fully saturated rings.